The van der Waals surface area contributed by atoms with Crippen molar-refractivity contribution in [1.82, 2.24) is 4.72 Å². The summed E-state index contributed by atoms with van der Waals surface area (Å²) in [4.78, 5) is 0.308. The molecule has 19 heavy (non-hydrogen) atoms. The number of rotatable bonds is 6. The molecule has 0 amide bonds. The van der Waals surface area contributed by atoms with E-state index in [1.807, 2.05) is 29.0 Å². The largest absolute Gasteiger partial charge is 0.240 e. The molecule has 3 nitrogen and oxygen atoms in total. The van der Waals surface area contributed by atoms with E-state index in [1.165, 1.54) is 0 Å². The summed E-state index contributed by atoms with van der Waals surface area (Å²) in [6.07, 6.45) is 0.711. The van der Waals surface area contributed by atoms with E-state index < -0.39 is 10.0 Å². The highest BCUT2D eigenvalue weighted by Crippen LogP contribution is 2.13. The van der Waals surface area contributed by atoms with E-state index in [2.05, 4.69) is 20.7 Å². The van der Waals surface area contributed by atoms with Gasteiger partial charge in [-0.3, -0.25) is 0 Å². The van der Waals surface area contributed by atoms with Crippen molar-refractivity contribution >= 4 is 37.3 Å². The lowest BCUT2D eigenvalue weighted by atomic mass is 10.2. The average molecular weight is 360 g/mol. The first-order valence-electron chi connectivity index (χ1n) is 5.77. The lowest BCUT2D eigenvalue weighted by Gasteiger charge is -2.06. The number of hydrogen-bond acceptors (Lipinski definition) is 3. The summed E-state index contributed by atoms with van der Waals surface area (Å²) < 4.78 is 26.7. The maximum Gasteiger partial charge on any atom is 0.240 e. The van der Waals surface area contributed by atoms with Crippen LogP contribution in [0.25, 0.3) is 0 Å². The lowest BCUT2D eigenvalue weighted by Crippen LogP contribution is -2.25. The third-order valence-electron chi connectivity index (χ3n) is 2.67. The molecule has 0 saturated carbocycles. The standard InChI is InChI=1S/C13H14BrNO2S2/c14-9-11-1-3-13(4-2-11)19(16,17)15-7-5-12-6-8-18-10-12/h1-4,6,8,10,15H,5,7,9H2. The smallest absolute Gasteiger partial charge is 0.211 e. The zero-order valence-corrected chi connectivity index (χ0v) is 13.4. The summed E-state index contributed by atoms with van der Waals surface area (Å²) in [6.45, 7) is 0.416. The quantitative estimate of drug-likeness (QED) is 0.805. The molecule has 0 aliphatic rings. The third-order valence-corrected chi connectivity index (χ3v) is 5.53. The first kappa shape index (κ1) is 14.7. The summed E-state index contributed by atoms with van der Waals surface area (Å²) in [7, 11) is -3.40. The van der Waals surface area contributed by atoms with Crippen LogP contribution in [-0.4, -0.2) is 15.0 Å². The molecule has 1 N–H and O–H groups in total. The van der Waals surface area contributed by atoms with Crippen LogP contribution in [0.15, 0.2) is 46.0 Å². The zero-order chi connectivity index (χ0) is 13.7. The Hall–Kier alpha value is -0.690. The van der Waals surface area contributed by atoms with Crippen LogP contribution in [-0.2, 0) is 21.8 Å². The molecular formula is C13H14BrNO2S2. The Kier molecular flexibility index (Phi) is 5.15. The third kappa shape index (κ3) is 4.14. The molecule has 0 unspecified atom stereocenters. The minimum absolute atomic E-state index is 0.308. The van der Waals surface area contributed by atoms with Gasteiger partial charge in [-0.2, -0.15) is 11.3 Å². The lowest BCUT2D eigenvalue weighted by molar-refractivity contribution is 0.581. The molecule has 6 heteroatoms. The van der Waals surface area contributed by atoms with Crippen molar-refractivity contribution in [3.63, 3.8) is 0 Å². The van der Waals surface area contributed by atoms with Crippen LogP contribution in [0.1, 0.15) is 11.1 Å². The molecule has 1 aromatic heterocycles. The number of thiophene rings is 1. The Balaban J connectivity index is 1.97. The fourth-order valence-corrected chi connectivity index (χ4v) is 3.71. The summed E-state index contributed by atoms with van der Waals surface area (Å²) >= 11 is 4.95. The first-order valence-corrected chi connectivity index (χ1v) is 9.32. The normalized spacial score (nSPS) is 11.6. The Labute approximate surface area is 125 Å². The summed E-state index contributed by atoms with van der Waals surface area (Å²) in [5.74, 6) is 0. The molecular weight excluding hydrogens is 346 g/mol. The molecule has 0 fully saturated rings. The highest BCUT2D eigenvalue weighted by molar-refractivity contribution is 9.08. The maximum atomic E-state index is 12.0. The van der Waals surface area contributed by atoms with Crippen LogP contribution < -0.4 is 4.72 Å². The topological polar surface area (TPSA) is 46.2 Å². The fraction of sp³-hybridized carbons (Fsp3) is 0.231. The average Bonchev–Trinajstić information content (AvgIpc) is 2.92. The van der Waals surface area contributed by atoms with E-state index in [4.69, 9.17) is 0 Å². The fourth-order valence-electron chi connectivity index (χ4n) is 1.61. The minimum Gasteiger partial charge on any atom is -0.211 e. The van der Waals surface area contributed by atoms with Gasteiger partial charge in [-0.1, -0.05) is 28.1 Å². The summed E-state index contributed by atoms with van der Waals surface area (Å²) in [5, 5.41) is 4.74. The van der Waals surface area contributed by atoms with Gasteiger partial charge in [-0.25, -0.2) is 13.1 Å². The number of alkyl halides is 1. The molecule has 0 atom stereocenters. The van der Waals surface area contributed by atoms with E-state index in [-0.39, 0.29) is 0 Å². The van der Waals surface area contributed by atoms with Crippen molar-refractivity contribution in [2.45, 2.75) is 16.6 Å². The number of sulfonamides is 1. The number of benzene rings is 1. The molecule has 0 aliphatic carbocycles. The van der Waals surface area contributed by atoms with Crippen molar-refractivity contribution in [2.24, 2.45) is 0 Å². The van der Waals surface area contributed by atoms with Gasteiger partial charge >= 0.3 is 0 Å². The highest BCUT2D eigenvalue weighted by atomic mass is 79.9. The molecule has 0 bridgehead atoms. The van der Waals surface area contributed by atoms with Crippen LogP contribution in [0.4, 0.5) is 0 Å². The molecule has 2 aromatic rings. The molecule has 0 saturated heterocycles. The molecule has 102 valence electrons. The Bertz CT molecular complexity index is 607. The van der Waals surface area contributed by atoms with Gasteiger partial charge in [0, 0.05) is 11.9 Å². The Morgan fingerprint density at radius 3 is 2.42 bits per heavy atom. The van der Waals surface area contributed by atoms with E-state index in [1.54, 1.807) is 23.5 Å². The van der Waals surface area contributed by atoms with Crippen molar-refractivity contribution in [1.29, 1.82) is 0 Å². The predicted octanol–water partition coefficient (Wildman–Crippen LogP) is 3.16. The Morgan fingerprint density at radius 2 is 1.84 bits per heavy atom. The van der Waals surface area contributed by atoms with Gasteiger partial charge in [0.25, 0.3) is 0 Å². The van der Waals surface area contributed by atoms with Gasteiger partial charge < -0.3 is 0 Å². The molecule has 1 aromatic carbocycles. The molecule has 0 radical (unpaired) electrons. The summed E-state index contributed by atoms with van der Waals surface area (Å²) in [6, 6.07) is 8.88. The molecule has 0 aliphatic heterocycles. The van der Waals surface area contributed by atoms with Crippen molar-refractivity contribution in [3.05, 3.63) is 52.2 Å². The van der Waals surface area contributed by atoms with Gasteiger partial charge in [0.15, 0.2) is 0 Å². The molecule has 0 spiro atoms. The van der Waals surface area contributed by atoms with E-state index >= 15 is 0 Å². The zero-order valence-electron chi connectivity index (χ0n) is 10.2. The SMILES string of the molecule is O=S(=O)(NCCc1ccsc1)c1ccc(CBr)cc1. The van der Waals surface area contributed by atoms with Gasteiger partial charge in [-0.15, -0.1) is 0 Å². The number of nitrogens with one attached hydrogen (secondary N) is 1. The van der Waals surface area contributed by atoms with Gasteiger partial charge in [0.05, 0.1) is 4.90 Å². The van der Waals surface area contributed by atoms with Crippen LogP contribution in [0.2, 0.25) is 0 Å². The minimum atomic E-state index is -3.40. The van der Waals surface area contributed by atoms with Gasteiger partial charge in [-0.05, 0) is 46.5 Å². The second-order valence-corrected chi connectivity index (χ2v) is 7.16. The van der Waals surface area contributed by atoms with Crippen LogP contribution in [0, 0.1) is 0 Å². The second kappa shape index (κ2) is 6.65. The maximum absolute atomic E-state index is 12.0. The van der Waals surface area contributed by atoms with Crippen molar-refractivity contribution < 1.29 is 8.42 Å². The van der Waals surface area contributed by atoms with Gasteiger partial charge in [0.1, 0.15) is 0 Å². The molecule has 1 heterocycles. The predicted molar refractivity (Wildman–Crippen MR) is 82.3 cm³/mol. The van der Waals surface area contributed by atoms with Crippen molar-refractivity contribution in [3.8, 4) is 0 Å². The number of hydrogen-bond donors (Lipinski definition) is 1. The second-order valence-electron chi connectivity index (χ2n) is 4.06. The van der Waals surface area contributed by atoms with Crippen LogP contribution in [0.5, 0.6) is 0 Å². The Morgan fingerprint density at radius 1 is 1.11 bits per heavy atom. The first-order chi connectivity index (χ1) is 9.12. The van der Waals surface area contributed by atoms with E-state index in [0.717, 1.165) is 16.5 Å². The van der Waals surface area contributed by atoms with Crippen molar-refractivity contribution in [2.75, 3.05) is 6.54 Å². The summed E-state index contributed by atoms with van der Waals surface area (Å²) in [5.41, 5.74) is 2.21. The van der Waals surface area contributed by atoms with E-state index in [9.17, 15) is 8.42 Å². The molecule has 2 rings (SSSR count). The van der Waals surface area contributed by atoms with Gasteiger partial charge in [0.2, 0.25) is 10.0 Å². The van der Waals surface area contributed by atoms with Crippen LogP contribution >= 0.6 is 27.3 Å². The van der Waals surface area contributed by atoms with Crippen LogP contribution in [0.3, 0.4) is 0 Å². The van der Waals surface area contributed by atoms with E-state index in [0.29, 0.717) is 17.9 Å². The highest BCUT2D eigenvalue weighted by Gasteiger charge is 2.12. The monoisotopic (exact) mass is 359 g/mol. The number of halogens is 1.